The molecule has 1 aromatic heterocycles. The average Bonchev–Trinajstić information content (AvgIpc) is 3.10. The number of benzene rings is 1. The van der Waals surface area contributed by atoms with E-state index in [2.05, 4.69) is 5.32 Å². The van der Waals surface area contributed by atoms with E-state index in [9.17, 15) is 13.2 Å². The Morgan fingerprint density at radius 2 is 1.89 bits per heavy atom. The van der Waals surface area contributed by atoms with Crippen LogP contribution in [-0.4, -0.2) is 42.8 Å². The number of hydrogen-bond acceptors (Lipinski definition) is 3. The Morgan fingerprint density at radius 1 is 1.15 bits per heavy atom. The second-order valence-corrected chi connectivity index (χ2v) is 9.06. The number of piperidine rings is 1. The fraction of sp³-hybridized carbons (Fsp3) is 0.550. The van der Waals surface area contributed by atoms with Gasteiger partial charge < -0.3 is 9.88 Å². The number of aromatic nitrogens is 1. The zero-order chi connectivity index (χ0) is 19.4. The topological polar surface area (TPSA) is 71.4 Å². The van der Waals surface area contributed by atoms with Crippen molar-refractivity contribution in [2.45, 2.75) is 56.9 Å². The van der Waals surface area contributed by atoms with Gasteiger partial charge in [0.25, 0.3) is 0 Å². The highest BCUT2D eigenvalue weighted by Gasteiger charge is 2.27. The van der Waals surface area contributed by atoms with Crippen LogP contribution in [0.25, 0.3) is 10.9 Å². The third-order valence-corrected chi connectivity index (χ3v) is 7.11. The highest BCUT2D eigenvalue weighted by atomic mass is 32.2. The van der Waals surface area contributed by atoms with Crippen LogP contribution in [0, 0.1) is 0 Å². The summed E-state index contributed by atoms with van der Waals surface area (Å²) in [5, 5.41) is 3.80. The summed E-state index contributed by atoms with van der Waals surface area (Å²) >= 11 is 0. The first kappa shape index (κ1) is 19.9. The van der Waals surface area contributed by atoms with E-state index in [-0.39, 0.29) is 11.9 Å². The normalized spacial score (nSPS) is 17.1. The van der Waals surface area contributed by atoms with Gasteiger partial charge in [-0.3, -0.25) is 4.79 Å². The first-order chi connectivity index (χ1) is 13.0. The maximum Gasteiger partial charge on any atom is 0.243 e. The average molecular weight is 392 g/mol. The van der Waals surface area contributed by atoms with Gasteiger partial charge in [-0.2, -0.15) is 4.31 Å². The van der Waals surface area contributed by atoms with Crippen LogP contribution in [0.2, 0.25) is 0 Å². The van der Waals surface area contributed by atoms with Crippen LogP contribution >= 0.6 is 0 Å². The maximum absolute atomic E-state index is 12.9. The van der Waals surface area contributed by atoms with Crippen molar-refractivity contribution in [3.8, 4) is 0 Å². The Balaban J connectivity index is 1.91. The van der Waals surface area contributed by atoms with Crippen LogP contribution < -0.4 is 5.32 Å². The molecule has 148 valence electrons. The quantitative estimate of drug-likeness (QED) is 0.787. The highest BCUT2D eigenvalue weighted by molar-refractivity contribution is 7.89. The second-order valence-electron chi connectivity index (χ2n) is 7.12. The maximum atomic E-state index is 12.9. The molecule has 1 amide bonds. The molecule has 1 N–H and O–H groups in total. The Kier molecular flexibility index (Phi) is 6.22. The molecular weight excluding hydrogens is 362 g/mol. The van der Waals surface area contributed by atoms with Gasteiger partial charge in [-0.15, -0.1) is 0 Å². The van der Waals surface area contributed by atoms with Gasteiger partial charge in [-0.05, 0) is 49.9 Å². The van der Waals surface area contributed by atoms with Crippen molar-refractivity contribution in [2.24, 2.45) is 0 Å². The molecular formula is C20H29N3O3S. The predicted octanol–water partition coefficient (Wildman–Crippen LogP) is 3.29. The molecule has 1 aliphatic rings. The minimum atomic E-state index is -3.45. The molecule has 1 aromatic carbocycles. The van der Waals surface area contributed by atoms with Crippen LogP contribution in [0.1, 0.15) is 52.0 Å². The summed E-state index contributed by atoms with van der Waals surface area (Å²) < 4.78 is 29.3. The zero-order valence-corrected chi connectivity index (χ0v) is 17.0. The minimum absolute atomic E-state index is 0.00173. The minimum Gasteiger partial charge on any atom is -0.354 e. The number of fused-ring (bicyclic) bond motifs is 1. The summed E-state index contributed by atoms with van der Waals surface area (Å²) in [6, 6.07) is 6.81. The molecule has 0 bridgehead atoms. The fourth-order valence-corrected chi connectivity index (χ4v) is 5.26. The van der Waals surface area contributed by atoms with Crippen molar-refractivity contribution < 1.29 is 13.2 Å². The number of rotatable bonds is 7. The molecule has 6 nitrogen and oxygen atoms in total. The fourth-order valence-electron chi connectivity index (χ4n) is 3.70. The standard InChI is InChI=1S/C20H29N3O3S/c1-3-11-21-20(24)18(4-2)23-14-10-16-15-17(8-9-19(16)23)27(25,26)22-12-6-5-7-13-22/h8-10,14-15,18H,3-7,11-13H2,1-2H3,(H,21,24). The molecule has 0 saturated carbocycles. The third kappa shape index (κ3) is 4.04. The van der Waals surface area contributed by atoms with Crippen molar-refractivity contribution in [1.82, 2.24) is 14.2 Å². The summed E-state index contributed by atoms with van der Waals surface area (Å²) in [7, 11) is -3.45. The molecule has 1 atom stereocenters. The summed E-state index contributed by atoms with van der Waals surface area (Å²) in [6.07, 6.45) is 6.37. The molecule has 1 fully saturated rings. The molecule has 1 aliphatic heterocycles. The lowest BCUT2D eigenvalue weighted by molar-refractivity contribution is -0.124. The number of hydrogen-bond donors (Lipinski definition) is 1. The van der Waals surface area contributed by atoms with Gasteiger partial charge in [-0.1, -0.05) is 20.3 Å². The molecule has 27 heavy (non-hydrogen) atoms. The second kappa shape index (κ2) is 8.44. The molecule has 0 spiro atoms. The first-order valence-electron chi connectivity index (χ1n) is 9.87. The third-order valence-electron chi connectivity index (χ3n) is 5.22. The Labute approximate surface area is 161 Å². The lowest BCUT2D eigenvalue weighted by Gasteiger charge is -2.26. The van der Waals surface area contributed by atoms with Gasteiger partial charge in [0.1, 0.15) is 6.04 Å². The number of carbonyl (C=O) groups is 1. The van der Waals surface area contributed by atoms with E-state index in [0.717, 1.165) is 36.6 Å². The molecule has 0 aliphatic carbocycles. The molecule has 7 heteroatoms. The van der Waals surface area contributed by atoms with Crippen LogP contribution in [0.3, 0.4) is 0 Å². The summed E-state index contributed by atoms with van der Waals surface area (Å²) in [4.78, 5) is 12.8. The van der Waals surface area contributed by atoms with Crippen molar-refractivity contribution >= 4 is 26.8 Å². The van der Waals surface area contributed by atoms with E-state index in [1.54, 1.807) is 16.4 Å². The van der Waals surface area contributed by atoms with Gasteiger partial charge >= 0.3 is 0 Å². The molecule has 2 aromatic rings. The molecule has 3 rings (SSSR count). The summed E-state index contributed by atoms with van der Waals surface area (Å²) in [5.41, 5.74) is 0.881. The smallest absolute Gasteiger partial charge is 0.243 e. The van der Waals surface area contributed by atoms with E-state index in [1.165, 1.54) is 0 Å². The zero-order valence-electron chi connectivity index (χ0n) is 16.1. The molecule has 0 radical (unpaired) electrons. The Hall–Kier alpha value is -1.86. The number of carbonyl (C=O) groups excluding carboxylic acids is 1. The van der Waals surface area contributed by atoms with Crippen molar-refractivity contribution in [1.29, 1.82) is 0 Å². The van der Waals surface area contributed by atoms with E-state index in [0.29, 0.717) is 31.0 Å². The summed E-state index contributed by atoms with van der Waals surface area (Å²) in [5.74, 6) is 0.00173. The lowest BCUT2D eigenvalue weighted by Crippen LogP contribution is -2.35. The number of nitrogens with zero attached hydrogens (tertiary/aromatic N) is 2. The van der Waals surface area contributed by atoms with Crippen molar-refractivity contribution in [2.75, 3.05) is 19.6 Å². The van der Waals surface area contributed by atoms with E-state index >= 15 is 0 Å². The van der Waals surface area contributed by atoms with Gasteiger partial charge in [0.15, 0.2) is 0 Å². The van der Waals surface area contributed by atoms with Gasteiger partial charge in [0.05, 0.1) is 4.90 Å². The van der Waals surface area contributed by atoms with Crippen LogP contribution in [0.15, 0.2) is 35.4 Å². The van der Waals surface area contributed by atoms with Crippen molar-refractivity contribution in [3.63, 3.8) is 0 Å². The van der Waals surface area contributed by atoms with Crippen LogP contribution in [0.5, 0.6) is 0 Å². The van der Waals surface area contributed by atoms with Gasteiger partial charge in [-0.25, -0.2) is 8.42 Å². The molecule has 1 saturated heterocycles. The van der Waals surface area contributed by atoms with E-state index in [1.807, 2.05) is 36.7 Å². The van der Waals surface area contributed by atoms with E-state index in [4.69, 9.17) is 0 Å². The number of amides is 1. The van der Waals surface area contributed by atoms with Gasteiger partial charge in [0.2, 0.25) is 15.9 Å². The Morgan fingerprint density at radius 3 is 2.56 bits per heavy atom. The lowest BCUT2D eigenvalue weighted by atomic mass is 10.2. The number of sulfonamides is 1. The first-order valence-corrected chi connectivity index (χ1v) is 11.3. The van der Waals surface area contributed by atoms with Gasteiger partial charge in [0, 0.05) is 36.7 Å². The largest absolute Gasteiger partial charge is 0.354 e. The number of nitrogens with one attached hydrogen (secondary N) is 1. The highest BCUT2D eigenvalue weighted by Crippen LogP contribution is 2.27. The molecule has 2 heterocycles. The Bertz CT molecular complexity index is 898. The monoisotopic (exact) mass is 391 g/mol. The SMILES string of the molecule is CCCNC(=O)C(CC)n1ccc2cc(S(=O)(=O)N3CCCCC3)ccc21. The van der Waals surface area contributed by atoms with Crippen molar-refractivity contribution in [3.05, 3.63) is 30.5 Å². The predicted molar refractivity (Wildman–Crippen MR) is 107 cm³/mol. The van der Waals surface area contributed by atoms with Crippen LogP contribution in [-0.2, 0) is 14.8 Å². The molecule has 1 unspecified atom stereocenters. The van der Waals surface area contributed by atoms with E-state index < -0.39 is 10.0 Å². The summed E-state index contributed by atoms with van der Waals surface area (Å²) in [6.45, 7) is 5.86. The van der Waals surface area contributed by atoms with Crippen LogP contribution in [0.4, 0.5) is 0 Å².